The molecule has 0 radical (unpaired) electrons. The van der Waals surface area contributed by atoms with Gasteiger partial charge >= 0.3 is 0 Å². The lowest BCUT2D eigenvalue weighted by molar-refractivity contribution is -0.139. The van der Waals surface area contributed by atoms with Gasteiger partial charge in [0, 0.05) is 19.1 Å². The highest BCUT2D eigenvalue weighted by molar-refractivity contribution is 5.81. The van der Waals surface area contributed by atoms with Crippen LogP contribution in [0.4, 0.5) is 0 Å². The number of aldehydes is 1. The summed E-state index contributed by atoms with van der Waals surface area (Å²) in [7, 11) is 2.02. The first-order valence-electron chi connectivity index (χ1n) is 12.7. The van der Waals surface area contributed by atoms with Gasteiger partial charge in [0.15, 0.2) is 6.29 Å². The summed E-state index contributed by atoms with van der Waals surface area (Å²) < 4.78 is 17.7. The molecule has 188 valence electrons. The van der Waals surface area contributed by atoms with Crippen molar-refractivity contribution in [2.75, 3.05) is 46.5 Å². The van der Waals surface area contributed by atoms with Gasteiger partial charge in [0.05, 0.1) is 25.4 Å². The zero-order chi connectivity index (χ0) is 23.8. The normalized spacial score (nSPS) is 30.4. The van der Waals surface area contributed by atoms with Crippen LogP contribution in [-0.4, -0.2) is 87.9 Å². The zero-order valence-corrected chi connectivity index (χ0v) is 20.2. The van der Waals surface area contributed by atoms with E-state index in [2.05, 4.69) is 21.6 Å². The van der Waals surface area contributed by atoms with E-state index in [1.807, 2.05) is 25.2 Å². The van der Waals surface area contributed by atoms with Gasteiger partial charge in [0.2, 0.25) is 0 Å². The topological polar surface area (TPSA) is 89.1 Å². The van der Waals surface area contributed by atoms with Crippen molar-refractivity contribution < 1.29 is 23.8 Å². The molecule has 2 aliphatic heterocycles. The van der Waals surface area contributed by atoms with E-state index in [-0.39, 0.29) is 30.7 Å². The minimum atomic E-state index is -0.393. The number of nitrogens with one attached hydrogen (secondary N) is 2. The number of hydrogen-bond donors (Lipinski definition) is 2. The Hall–Kier alpha value is -2.00. The van der Waals surface area contributed by atoms with Crippen molar-refractivity contribution in [1.29, 1.82) is 0 Å². The van der Waals surface area contributed by atoms with E-state index in [1.165, 1.54) is 5.56 Å². The molecule has 3 fully saturated rings. The molecular weight excluding hydrogens is 434 g/mol. The molecule has 0 aromatic heterocycles. The Labute approximate surface area is 202 Å². The van der Waals surface area contributed by atoms with Gasteiger partial charge in [0.1, 0.15) is 18.5 Å². The lowest BCUT2D eigenvalue weighted by Crippen LogP contribution is -2.59. The van der Waals surface area contributed by atoms with Crippen molar-refractivity contribution >= 4 is 12.2 Å². The number of morpholine rings is 1. The Morgan fingerprint density at radius 3 is 2.85 bits per heavy atom. The lowest BCUT2D eigenvalue weighted by Gasteiger charge is -2.37. The molecule has 1 amide bonds. The molecule has 2 heterocycles. The lowest BCUT2D eigenvalue weighted by atomic mass is 9.82. The summed E-state index contributed by atoms with van der Waals surface area (Å²) >= 11 is 0. The molecule has 2 saturated heterocycles. The van der Waals surface area contributed by atoms with E-state index in [9.17, 15) is 9.59 Å². The van der Waals surface area contributed by atoms with Crippen LogP contribution >= 0.6 is 0 Å². The highest BCUT2D eigenvalue weighted by Crippen LogP contribution is 2.38. The number of rotatable bonds is 9. The summed E-state index contributed by atoms with van der Waals surface area (Å²) in [6.45, 7) is 3.74. The predicted molar refractivity (Wildman–Crippen MR) is 129 cm³/mol. The Balaban J connectivity index is 1.24. The maximum absolute atomic E-state index is 12.8. The molecule has 2 N–H and O–H groups in total. The molecule has 3 aliphatic rings. The summed E-state index contributed by atoms with van der Waals surface area (Å²) in [5.74, 6) is 1.23. The van der Waals surface area contributed by atoms with Gasteiger partial charge in [0.25, 0.3) is 5.91 Å². The van der Waals surface area contributed by atoms with Crippen molar-refractivity contribution in [1.82, 2.24) is 15.5 Å². The molecule has 1 aromatic rings. The van der Waals surface area contributed by atoms with Gasteiger partial charge in [-0.2, -0.15) is 0 Å². The van der Waals surface area contributed by atoms with Crippen LogP contribution in [0.1, 0.15) is 50.0 Å². The highest BCUT2D eigenvalue weighted by Gasteiger charge is 2.32. The fourth-order valence-corrected chi connectivity index (χ4v) is 5.37. The molecule has 1 aromatic carbocycles. The smallest absolute Gasteiger partial charge is 0.250 e. The second-order valence-corrected chi connectivity index (χ2v) is 9.76. The molecule has 4 rings (SSSR count). The maximum Gasteiger partial charge on any atom is 0.250 e. The first-order valence-corrected chi connectivity index (χ1v) is 12.7. The molecule has 0 spiro atoms. The number of piperidine rings is 1. The number of benzene rings is 1. The Kier molecular flexibility index (Phi) is 9.33. The van der Waals surface area contributed by atoms with Crippen molar-refractivity contribution in [2.45, 2.75) is 68.7 Å². The van der Waals surface area contributed by atoms with Crippen LogP contribution in [-0.2, 0) is 19.1 Å². The van der Waals surface area contributed by atoms with E-state index in [0.717, 1.165) is 63.7 Å². The third-order valence-corrected chi connectivity index (χ3v) is 7.33. The van der Waals surface area contributed by atoms with Crippen LogP contribution in [0.25, 0.3) is 0 Å². The van der Waals surface area contributed by atoms with Gasteiger partial charge < -0.3 is 29.7 Å². The average molecular weight is 474 g/mol. The van der Waals surface area contributed by atoms with Crippen LogP contribution in [0.3, 0.4) is 0 Å². The van der Waals surface area contributed by atoms with Crippen LogP contribution < -0.4 is 15.4 Å². The predicted octanol–water partition coefficient (Wildman–Crippen LogP) is 1.87. The first-order chi connectivity index (χ1) is 16.6. The van der Waals surface area contributed by atoms with Crippen LogP contribution in [0.5, 0.6) is 5.75 Å². The summed E-state index contributed by atoms with van der Waals surface area (Å²) in [5.41, 5.74) is 1.19. The second-order valence-electron chi connectivity index (χ2n) is 9.76. The summed E-state index contributed by atoms with van der Waals surface area (Å²) in [6.07, 6.45) is 6.71. The van der Waals surface area contributed by atoms with Crippen LogP contribution in [0.2, 0.25) is 0 Å². The average Bonchev–Trinajstić information content (AvgIpc) is 2.87. The number of hydrogen-bond acceptors (Lipinski definition) is 7. The summed E-state index contributed by atoms with van der Waals surface area (Å²) in [5, 5.41) is 6.78. The number of nitrogens with zero attached hydrogens (tertiary/aromatic N) is 1. The largest absolute Gasteiger partial charge is 0.486 e. The van der Waals surface area contributed by atoms with Gasteiger partial charge in [-0.1, -0.05) is 18.2 Å². The van der Waals surface area contributed by atoms with E-state index >= 15 is 0 Å². The number of likely N-dealkylation sites (N-methyl/N-ethyl adjacent to an activating group) is 1. The summed E-state index contributed by atoms with van der Waals surface area (Å²) in [4.78, 5) is 25.6. The number of carbonyl (C=O) groups excluding carboxylic acids is 2. The number of carbonyl (C=O) groups is 2. The Morgan fingerprint density at radius 2 is 2.06 bits per heavy atom. The van der Waals surface area contributed by atoms with Gasteiger partial charge in [-0.05, 0) is 69.7 Å². The zero-order valence-electron chi connectivity index (χ0n) is 20.2. The first kappa shape index (κ1) is 25.1. The quantitative estimate of drug-likeness (QED) is 0.530. The van der Waals surface area contributed by atoms with E-state index in [1.54, 1.807) is 0 Å². The fraction of sp³-hybridized carbons (Fsp3) is 0.692. The monoisotopic (exact) mass is 473 g/mol. The molecule has 1 aliphatic carbocycles. The molecule has 0 unspecified atom stereocenters. The fourth-order valence-electron chi connectivity index (χ4n) is 5.37. The minimum Gasteiger partial charge on any atom is -0.486 e. The molecular formula is C26H39N3O5. The molecule has 3 atom stereocenters. The van der Waals surface area contributed by atoms with Crippen LogP contribution in [0, 0.1) is 0 Å². The number of ether oxygens (including phenoxy) is 3. The Morgan fingerprint density at radius 1 is 1.24 bits per heavy atom. The van der Waals surface area contributed by atoms with Crippen molar-refractivity contribution in [3.63, 3.8) is 0 Å². The van der Waals surface area contributed by atoms with Gasteiger partial charge in [-0.3, -0.25) is 9.59 Å². The standard InChI is InChI=1S/C26H39N3O5/c1-29-13-15-32-25(17-29)26(31)28-22-6-4-12-27-23(22)18-34-20-10-8-19(9-11-20)21-5-2-3-7-24(21)33-16-14-30/h2-3,5,7,14,19-20,22-23,25,27H,4,6,8-13,15-18H2,1H3,(H,28,31)/t19?,20?,22-,23-,25-/m0/s1. The molecule has 8 heteroatoms. The Bertz CT molecular complexity index is 798. The van der Waals surface area contributed by atoms with Crippen LogP contribution in [0.15, 0.2) is 24.3 Å². The van der Waals surface area contributed by atoms with E-state index in [4.69, 9.17) is 14.2 Å². The van der Waals surface area contributed by atoms with Crippen molar-refractivity contribution in [2.24, 2.45) is 0 Å². The molecule has 0 bridgehead atoms. The van der Waals surface area contributed by atoms with E-state index < -0.39 is 6.10 Å². The molecule has 34 heavy (non-hydrogen) atoms. The molecule has 1 saturated carbocycles. The van der Waals surface area contributed by atoms with Gasteiger partial charge in [-0.15, -0.1) is 0 Å². The van der Waals surface area contributed by atoms with E-state index in [0.29, 0.717) is 25.7 Å². The maximum atomic E-state index is 12.8. The third-order valence-electron chi connectivity index (χ3n) is 7.33. The SMILES string of the molecule is CN1CCO[C@H](C(=O)N[C@H]2CCCN[C@H]2COC2CCC(c3ccccc3OCC=O)CC2)C1. The third kappa shape index (κ3) is 6.78. The van der Waals surface area contributed by atoms with Crippen molar-refractivity contribution in [3.8, 4) is 5.75 Å². The minimum absolute atomic E-state index is 0.0128. The number of para-hydroxylation sites is 1. The van der Waals surface area contributed by atoms with Crippen molar-refractivity contribution in [3.05, 3.63) is 29.8 Å². The summed E-state index contributed by atoms with van der Waals surface area (Å²) in [6, 6.07) is 8.22. The number of amides is 1. The highest BCUT2D eigenvalue weighted by atomic mass is 16.5. The second kappa shape index (κ2) is 12.6. The molecule has 8 nitrogen and oxygen atoms in total. The van der Waals surface area contributed by atoms with Gasteiger partial charge in [-0.25, -0.2) is 0 Å².